The highest BCUT2D eigenvalue weighted by Gasteiger charge is 2.39. The Morgan fingerprint density at radius 2 is 1.50 bits per heavy atom. The topological polar surface area (TPSA) is 6.48 Å². The zero-order valence-electron chi connectivity index (χ0n) is 20.9. The maximum Gasteiger partial charge on any atom is 0.129 e. The third-order valence-electron chi connectivity index (χ3n) is 7.58. The van der Waals surface area contributed by atoms with E-state index in [-0.39, 0.29) is 34.8 Å². The van der Waals surface area contributed by atoms with Crippen LogP contribution in [0.3, 0.4) is 0 Å². The number of likely N-dealkylation sites (tertiary alicyclic amines) is 2. The quantitative estimate of drug-likeness (QED) is 0.400. The molecule has 0 aliphatic carbocycles. The van der Waals surface area contributed by atoms with Gasteiger partial charge in [-0.05, 0) is 115 Å². The molecule has 2 saturated heterocycles. The zero-order chi connectivity index (χ0) is 24.8. The van der Waals surface area contributed by atoms with Crippen LogP contribution in [0.2, 0.25) is 10.0 Å². The van der Waals surface area contributed by atoms with Crippen molar-refractivity contribution in [2.24, 2.45) is 0 Å². The van der Waals surface area contributed by atoms with E-state index in [0.717, 1.165) is 49.9 Å². The van der Waals surface area contributed by atoms with Gasteiger partial charge < -0.3 is 0 Å². The monoisotopic (exact) mass is 508 g/mol. The van der Waals surface area contributed by atoms with Gasteiger partial charge in [0, 0.05) is 38.8 Å². The largest absolute Gasteiger partial charge is 0.291 e. The minimum absolute atomic E-state index is 0.0122. The lowest BCUT2D eigenvalue weighted by Gasteiger charge is -2.41. The van der Waals surface area contributed by atoms with E-state index >= 15 is 4.39 Å². The van der Waals surface area contributed by atoms with Gasteiger partial charge in [-0.25, -0.2) is 8.78 Å². The normalized spacial score (nSPS) is 22.6. The zero-order valence-corrected chi connectivity index (χ0v) is 22.4. The standard InChI is InChI=1S/C28H36Cl2F2N2/c1-27(2,3)33-12-7-9-25(33)26-22(30)14-18(15-23(26)32)17-28(4,5)34-13-6-8-24(34)20-11-10-19(31)16-21(20)29/h10-11,14-16,24-25H,6-9,12-13,17H2,1-5H3/t24-,25?/m1/s1. The highest BCUT2D eigenvalue weighted by Crippen LogP contribution is 2.44. The van der Waals surface area contributed by atoms with E-state index in [4.69, 9.17) is 23.2 Å². The van der Waals surface area contributed by atoms with E-state index in [1.807, 2.05) is 6.07 Å². The highest BCUT2D eigenvalue weighted by molar-refractivity contribution is 6.31. The molecule has 2 nitrogen and oxygen atoms in total. The third-order valence-corrected chi connectivity index (χ3v) is 8.22. The first-order valence-electron chi connectivity index (χ1n) is 12.3. The second-order valence-electron chi connectivity index (χ2n) is 11.5. The highest BCUT2D eigenvalue weighted by atomic mass is 35.5. The van der Waals surface area contributed by atoms with Gasteiger partial charge in [-0.3, -0.25) is 9.80 Å². The Labute approximate surface area is 213 Å². The number of rotatable bonds is 5. The molecule has 6 heteroatoms. The molecule has 0 radical (unpaired) electrons. The van der Waals surface area contributed by atoms with Crippen LogP contribution in [0.15, 0.2) is 30.3 Å². The summed E-state index contributed by atoms with van der Waals surface area (Å²) in [5.41, 5.74) is 2.20. The Balaban J connectivity index is 1.58. The van der Waals surface area contributed by atoms with Crippen LogP contribution < -0.4 is 0 Å². The molecule has 2 heterocycles. The van der Waals surface area contributed by atoms with Gasteiger partial charge in [0.25, 0.3) is 0 Å². The van der Waals surface area contributed by atoms with Crippen LogP contribution in [0, 0.1) is 11.6 Å². The number of hydrogen-bond donors (Lipinski definition) is 0. The molecular weight excluding hydrogens is 473 g/mol. The van der Waals surface area contributed by atoms with Gasteiger partial charge in [0.05, 0.1) is 0 Å². The summed E-state index contributed by atoms with van der Waals surface area (Å²) in [6.07, 6.45) is 4.64. The summed E-state index contributed by atoms with van der Waals surface area (Å²) in [6.45, 7) is 12.8. The van der Waals surface area contributed by atoms with Crippen LogP contribution in [0.4, 0.5) is 8.78 Å². The Morgan fingerprint density at radius 1 is 0.853 bits per heavy atom. The van der Waals surface area contributed by atoms with Crippen LogP contribution in [0.5, 0.6) is 0 Å². The summed E-state index contributed by atoms with van der Waals surface area (Å²) in [5.74, 6) is -0.533. The van der Waals surface area contributed by atoms with Crippen LogP contribution >= 0.6 is 23.2 Å². The van der Waals surface area contributed by atoms with Crippen LogP contribution in [-0.2, 0) is 6.42 Å². The van der Waals surface area contributed by atoms with Gasteiger partial charge >= 0.3 is 0 Å². The average molecular weight is 510 g/mol. The second-order valence-corrected chi connectivity index (χ2v) is 12.3. The van der Waals surface area contributed by atoms with Crippen molar-refractivity contribution in [3.63, 3.8) is 0 Å². The summed E-state index contributed by atoms with van der Waals surface area (Å²) in [7, 11) is 0. The van der Waals surface area contributed by atoms with Gasteiger partial charge in [-0.2, -0.15) is 0 Å². The molecule has 0 N–H and O–H groups in total. The molecule has 2 fully saturated rings. The molecule has 186 valence electrons. The Kier molecular flexibility index (Phi) is 7.37. The fraction of sp³-hybridized carbons (Fsp3) is 0.571. The van der Waals surface area contributed by atoms with Crippen molar-refractivity contribution < 1.29 is 8.78 Å². The Morgan fingerprint density at radius 3 is 2.12 bits per heavy atom. The van der Waals surface area contributed by atoms with Gasteiger partial charge in [0.2, 0.25) is 0 Å². The van der Waals surface area contributed by atoms with E-state index < -0.39 is 0 Å². The van der Waals surface area contributed by atoms with Crippen molar-refractivity contribution in [3.05, 3.63) is 68.7 Å². The van der Waals surface area contributed by atoms with E-state index in [9.17, 15) is 4.39 Å². The van der Waals surface area contributed by atoms with Crippen LogP contribution in [0.25, 0.3) is 0 Å². The van der Waals surface area contributed by atoms with Crippen molar-refractivity contribution in [1.82, 2.24) is 9.80 Å². The molecule has 0 saturated carbocycles. The lowest BCUT2D eigenvalue weighted by atomic mass is 9.89. The molecule has 0 amide bonds. The predicted molar refractivity (Wildman–Crippen MR) is 138 cm³/mol. The first-order chi connectivity index (χ1) is 15.9. The summed E-state index contributed by atoms with van der Waals surface area (Å²) >= 11 is 13.2. The summed E-state index contributed by atoms with van der Waals surface area (Å²) < 4.78 is 29.1. The maximum absolute atomic E-state index is 15.5. The van der Waals surface area contributed by atoms with Crippen molar-refractivity contribution in [1.29, 1.82) is 0 Å². The minimum Gasteiger partial charge on any atom is -0.291 e. The minimum atomic E-state index is -0.324. The SMILES string of the molecule is CC(C)(C)N1CCCC1c1c(F)cc(CC(C)(C)N2CCC[C@@H]2c2ccc(F)cc2Cl)cc1Cl. The number of benzene rings is 2. The van der Waals surface area contributed by atoms with Crippen LogP contribution in [0.1, 0.15) is 89.1 Å². The second kappa shape index (κ2) is 9.69. The van der Waals surface area contributed by atoms with E-state index in [1.165, 1.54) is 12.1 Å². The molecule has 0 bridgehead atoms. The Bertz CT molecular complexity index is 1020. The van der Waals surface area contributed by atoms with Crippen molar-refractivity contribution in [3.8, 4) is 0 Å². The van der Waals surface area contributed by atoms with Gasteiger partial charge in [0.15, 0.2) is 0 Å². The third kappa shape index (κ3) is 5.16. The fourth-order valence-electron chi connectivity index (χ4n) is 6.11. The van der Waals surface area contributed by atoms with Crippen LogP contribution in [-0.4, -0.2) is 34.0 Å². The molecular formula is C28H36Cl2F2N2. The maximum atomic E-state index is 15.5. The van der Waals surface area contributed by atoms with Gasteiger partial charge in [-0.15, -0.1) is 0 Å². The number of halogens is 4. The lowest BCUT2D eigenvalue weighted by molar-refractivity contribution is 0.105. The molecule has 4 rings (SSSR count). The molecule has 2 atom stereocenters. The fourth-order valence-corrected chi connectivity index (χ4v) is 6.76. The first kappa shape index (κ1) is 25.9. The van der Waals surface area contributed by atoms with E-state index in [2.05, 4.69) is 44.4 Å². The van der Waals surface area contributed by atoms with E-state index in [1.54, 1.807) is 12.1 Å². The number of nitrogens with zero attached hydrogens (tertiary/aromatic N) is 2. The summed E-state index contributed by atoms with van der Waals surface area (Å²) in [5, 5.41) is 0.984. The summed E-state index contributed by atoms with van der Waals surface area (Å²) in [4.78, 5) is 4.78. The van der Waals surface area contributed by atoms with E-state index in [0.29, 0.717) is 22.0 Å². The van der Waals surface area contributed by atoms with Gasteiger partial charge in [-0.1, -0.05) is 29.3 Å². The molecule has 2 aliphatic rings. The molecule has 1 unspecified atom stereocenters. The molecule has 0 spiro atoms. The molecule has 2 aliphatic heterocycles. The predicted octanol–water partition coefficient (Wildman–Crippen LogP) is 8.37. The first-order valence-corrected chi connectivity index (χ1v) is 13.1. The lowest BCUT2D eigenvalue weighted by Crippen LogP contribution is -2.45. The molecule has 2 aromatic rings. The number of hydrogen-bond acceptors (Lipinski definition) is 2. The molecule has 2 aromatic carbocycles. The Hall–Kier alpha value is -1.20. The van der Waals surface area contributed by atoms with Gasteiger partial charge in [0.1, 0.15) is 11.6 Å². The average Bonchev–Trinajstić information content (AvgIpc) is 3.37. The van der Waals surface area contributed by atoms with Crippen molar-refractivity contribution in [2.75, 3.05) is 13.1 Å². The van der Waals surface area contributed by atoms with Crippen molar-refractivity contribution >= 4 is 23.2 Å². The van der Waals surface area contributed by atoms with Crippen molar-refractivity contribution in [2.45, 2.75) is 89.9 Å². The molecule has 34 heavy (non-hydrogen) atoms. The summed E-state index contributed by atoms with van der Waals surface area (Å²) in [6, 6.07) is 8.42. The molecule has 0 aromatic heterocycles. The smallest absolute Gasteiger partial charge is 0.129 e.